The average molecular weight is 282 g/mol. The molecule has 1 aromatic carbocycles. The van der Waals surface area contributed by atoms with Crippen molar-refractivity contribution in [3.8, 4) is 5.75 Å². The molecule has 0 fully saturated rings. The molecule has 5 nitrogen and oxygen atoms in total. The first-order chi connectivity index (χ1) is 9.47. The van der Waals surface area contributed by atoms with Crippen LogP contribution < -0.4 is 4.74 Å². The zero-order valence-electron chi connectivity index (χ0n) is 10.6. The lowest BCUT2D eigenvalue weighted by atomic mass is 10.2. The Bertz CT molecular complexity index is 617. The molecule has 1 N–H and O–H groups in total. The van der Waals surface area contributed by atoms with E-state index in [1.165, 1.54) is 0 Å². The van der Waals surface area contributed by atoms with Crippen molar-refractivity contribution in [2.45, 2.75) is 6.42 Å². The molecule has 0 aliphatic heterocycles. The molecule has 1 aromatic heterocycles. The van der Waals surface area contributed by atoms with E-state index in [-0.39, 0.29) is 6.61 Å². The van der Waals surface area contributed by atoms with Gasteiger partial charge in [-0.15, -0.1) is 0 Å². The molecule has 2 rings (SSSR count). The van der Waals surface area contributed by atoms with Gasteiger partial charge in [0, 0.05) is 19.7 Å². The van der Waals surface area contributed by atoms with Gasteiger partial charge in [0.1, 0.15) is 0 Å². The highest BCUT2D eigenvalue weighted by atomic mass is 19.1. The molecular formula is C13H12F2N2O3. The number of ether oxygens (including phenoxy) is 1. The van der Waals surface area contributed by atoms with Gasteiger partial charge in [-0.1, -0.05) is 0 Å². The van der Waals surface area contributed by atoms with Crippen LogP contribution in [0.15, 0.2) is 24.5 Å². The number of rotatable bonds is 5. The zero-order valence-corrected chi connectivity index (χ0v) is 10.6. The summed E-state index contributed by atoms with van der Waals surface area (Å²) >= 11 is 0. The summed E-state index contributed by atoms with van der Waals surface area (Å²) < 4.78 is 33.8. The van der Waals surface area contributed by atoms with Gasteiger partial charge in [0.05, 0.1) is 18.4 Å². The molecule has 1 heterocycles. The summed E-state index contributed by atoms with van der Waals surface area (Å²) in [5.41, 5.74) is 0.412. The summed E-state index contributed by atoms with van der Waals surface area (Å²) in [7, 11) is 1.76. The topological polar surface area (TPSA) is 64.3 Å². The number of carbonyl (C=O) groups is 1. The Balaban J connectivity index is 2.04. The third-order valence-corrected chi connectivity index (χ3v) is 2.64. The fourth-order valence-corrected chi connectivity index (χ4v) is 1.69. The fraction of sp³-hybridized carbons (Fsp3) is 0.231. The third kappa shape index (κ3) is 3.11. The van der Waals surface area contributed by atoms with Gasteiger partial charge < -0.3 is 9.84 Å². The lowest BCUT2D eigenvalue weighted by Crippen LogP contribution is -2.06. The Morgan fingerprint density at radius 3 is 2.55 bits per heavy atom. The lowest BCUT2D eigenvalue weighted by molar-refractivity contribution is 0.0695. The van der Waals surface area contributed by atoms with Crippen LogP contribution in [0.4, 0.5) is 8.78 Å². The predicted molar refractivity (Wildman–Crippen MR) is 65.7 cm³/mol. The van der Waals surface area contributed by atoms with Crippen molar-refractivity contribution in [3.05, 3.63) is 47.3 Å². The molecule has 20 heavy (non-hydrogen) atoms. The van der Waals surface area contributed by atoms with Crippen molar-refractivity contribution in [2.24, 2.45) is 7.05 Å². The van der Waals surface area contributed by atoms with Crippen LogP contribution in [0, 0.1) is 11.6 Å². The molecule has 0 aliphatic carbocycles. The third-order valence-electron chi connectivity index (χ3n) is 2.64. The van der Waals surface area contributed by atoms with E-state index in [9.17, 15) is 13.6 Å². The van der Waals surface area contributed by atoms with Crippen LogP contribution >= 0.6 is 0 Å². The highest BCUT2D eigenvalue weighted by Gasteiger charge is 2.15. The van der Waals surface area contributed by atoms with E-state index in [0.29, 0.717) is 6.42 Å². The number of hydrogen-bond acceptors (Lipinski definition) is 3. The van der Waals surface area contributed by atoms with E-state index in [0.717, 1.165) is 17.7 Å². The Morgan fingerprint density at radius 1 is 1.40 bits per heavy atom. The van der Waals surface area contributed by atoms with Gasteiger partial charge in [0.15, 0.2) is 17.4 Å². The molecule has 0 saturated carbocycles. The smallest absolute Gasteiger partial charge is 0.335 e. The zero-order chi connectivity index (χ0) is 14.7. The molecule has 0 amide bonds. The molecule has 0 aliphatic rings. The molecule has 106 valence electrons. The summed E-state index contributed by atoms with van der Waals surface area (Å²) in [6, 6.07) is 1.45. The number of carboxylic acid groups (broad SMARTS) is 1. The molecule has 0 bridgehead atoms. The highest BCUT2D eigenvalue weighted by molar-refractivity contribution is 5.87. The van der Waals surface area contributed by atoms with Crippen LogP contribution in [0.1, 0.15) is 15.9 Å². The van der Waals surface area contributed by atoms with Crippen molar-refractivity contribution >= 4 is 5.97 Å². The molecule has 0 atom stereocenters. The number of aryl methyl sites for hydroxylation is 1. The molecule has 2 aromatic rings. The van der Waals surface area contributed by atoms with E-state index < -0.39 is 28.9 Å². The number of aromatic carboxylic acids is 1. The van der Waals surface area contributed by atoms with E-state index in [1.807, 2.05) is 0 Å². The van der Waals surface area contributed by atoms with E-state index in [2.05, 4.69) is 5.10 Å². The van der Waals surface area contributed by atoms with E-state index in [1.54, 1.807) is 24.1 Å². The number of hydrogen-bond donors (Lipinski definition) is 1. The normalized spacial score (nSPS) is 10.6. The molecule has 0 unspecified atom stereocenters. The second-order valence-electron chi connectivity index (χ2n) is 4.19. The maximum Gasteiger partial charge on any atom is 0.335 e. The van der Waals surface area contributed by atoms with Crippen LogP contribution in [0.3, 0.4) is 0 Å². The van der Waals surface area contributed by atoms with Crippen molar-refractivity contribution in [1.82, 2.24) is 9.78 Å². The predicted octanol–water partition coefficient (Wildman–Crippen LogP) is 2.02. The summed E-state index contributed by atoms with van der Waals surface area (Å²) in [5.74, 6) is -4.04. The number of nitrogens with zero attached hydrogens (tertiary/aromatic N) is 2. The number of benzene rings is 1. The minimum Gasteiger partial charge on any atom is -0.487 e. The Morgan fingerprint density at radius 2 is 2.05 bits per heavy atom. The Hall–Kier alpha value is -2.44. The van der Waals surface area contributed by atoms with Crippen LogP contribution in [0.5, 0.6) is 5.75 Å². The first-order valence-electron chi connectivity index (χ1n) is 5.80. The first-order valence-corrected chi connectivity index (χ1v) is 5.80. The van der Waals surface area contributed by atoms with Crippen LogP contribution in [-0.2, 0) is 13.5 Å². The van der Waals surface area contributed by atoms with Crippen LogP contribution in [-0.4, -0.2) is 27.5 Å². The van der Waals surface area contributed by atoms with Gasteiger partial charge in [-0.05, 0) is 17.7 Å². The van der Waals surface area contributed by atoms with Gasteiger partial charge in [-0.3, -0.25) is 4.68 Å². The largest absolute Gasteiger partial charge is 0.487 e. The van der Waals surface area contributed by atoms with Gasteiger partial charge >= 0.3 is 5.97 Å². The second-order valence-corrected chi connectivity index (χ2v) is 4.19. The monoisotopic (exact) mass is 282 g/mol. The SMILES string of the molecule is Cn1cc(CCOc2c(F)cc(C(=O)O)cc2F)cn1. The maximum atomic E-state index is 13.6. The molecule has 7 heteroatoms. The average Bonchev–Trinajstić information content (AvgIpc) is 2.78. The maximum absolute atomic E-state index is 13.6. The quantitative estimate of drug-likeness (QED) is 0.911. The van der Waals surface area contributed by atoms with Gasteiger partial charge in [0.25, 0.3) is 0 Å². The van der Waals surface area contributed by atoms with Crippen LogP contribution in [0.25, 0.3) is 0 Å². The van der Waals surface area contributed by atoms with Crippen molar-refractivity contribution in [1.29, 1.82) is 0 Å². The first kappa shape index (κ1) is 14.0. The number of aromatic nitrogens is 2. The van der Waals surface area contributed by atoms with Gasteiger partial charge in [-0.25, -0.2) is 13.6 Å². The summed E-state index contributed by atoms with van der Waals surface area (Å²) in [6.45, 7) is 0.0615. The highest BCUT2D eigenvalue weighted by Crippen LogP contribution is 2.23. The van der Waals surface area contributed by atoms with Crippen molar-refractivity contribution < 1.29 is 23.4 Å². The molecular weight excluding hydrogens is 270 g/mol. The Kier molecular flexibility index (Phi) is 3.97. The summed E-state index contributed by atoms with van der Waals surface area (Å²) in [4.78, 5) is 10.6. The fourth-order valence-electron chi connectivity index (χ4n) is 1.69. The Labute approximate surface area is 113 Å². The summed E-state index contributed by atoms with van der Waals surface area (Å²) in [6.07, 6.45) is 3.83. The van der Waals surface area contributed by atoms with Crippen LogP contribution in [0.2, 0.25) is 0 Å². The van der Waals surface area contributed by atoms with E-state index in [4.69, 9.17) is 9.84 Å². The minimum atomic E-state index is -1.40. The summed E-state index contributed by atoms with van der Waals surface area (Å²) in [5, 5.41) is 12.6. The standard InChI is InChI=1S/C13H12F2N2O3/c1-17-7-8(6-16-17)2-3-20-12-10(14)4-9(13(18)19)5-11(12)15/h4-7H,2-3H2,1H3,(H,18,19). The molecule has 0 saturated heterocycles. The van der Waals surface area contributed by atoms with Crippen molar-refractivity contribution in [3.63, 3.8) is 0 Å². The lowest BCUT2D eigenvalue weighted by Gasteiger charge is -2.08. The van der Waals surface area contributed by atoms with Gasteiger partial charge in [0.2, 0.25) is 0 Å². The van der Waals surface area contributed by atoms with Crippen molar-refractivity contribution in [2.75, 3.05) is 6.61 Å². The van der Waals surface area contributed by atoms with Gasteiger partial charge in [-0.2, -0.15) is 5.10 Å². The molecule has 0 radical (unpaired) electrons. The second kappa shape index (κ2) is 5.68. The number of carboxylic acids is 1. The van der Waals surface area contributed by atoms with E-state index >= 15 is 0 Å². The number of halogens is 2. The minimum absolute atomic E-state index is 0.0615. The molecule has 0 spiro atoms.